The number of ether oxygens (including phenoxy) is 1. The molecule has 1 heterocycles. The van der Waals surface area contributed by atoms with E-state index in [1.54, 1.807) is 18.2 Å². The Morgan fingerprint density at radius 2 is 2.19 bits per heavy atom. The summed E-state index contributed by atoms with van der Waals surface area (Å²) < 4.78 is 29.6. The fourth-order valence-electron chi connectivity index (χ4n) is 2.03. The number of hydrogen-bond acceptors (Lipinski definition) is 4. The quantitative estimate of drug-likeness (QED) is 0.751. The highest BCUT2D eigenvalue weighted by Crippen LogP contribution is 2.30. The maximum Gasteiger partial charge on any atom is 0.261 e. The molecule has 1 aliphatic rings. The molecule has 0 spiro atoms. The number of amides is 1. The normalized spacial score (nSPS) is 17.1. The summed E-state index contributed by atoms with van der Waals surface area (Å²) >= 11 is 5.89. The van der Waals surface area contributed by atoms with Crippen LogP contribution in [-0.4, -0.2) is 39.8 Å². The maximum atomic E-state index is 12.0. The number of halogens is 1. The molecule has 0 aliphatic carbocycles. The van der Waals surface area contributed by atoms with E-state index in [2.05, 4.69) is 10.0 Å². The second-order valence-corrected chi connectivity index (χ2v) is 7.14. The van der Waals surface area contributed by atoms with Crippen molar-refractivity contribution in [3.63, 3.8) is 0 Å². The van der Waals surface area contributed by atoms with Crippen LogP contribution in [0.25, 0.3) is 0 Å². The second kappa shape index (κ2) is 6.64. The Bertz CT molecular complexity index is 633. The molecular formula is C13H17ClN2O4S. The van der Waals surface area contributed by atoms with Crippen LogP contribution in [0.4, 0.5) is 0 Å². The van der Waals surface area contributed by atoms with Crippen LogP contribution in [0.15, 0.2) is 18.2 Å². The van der Waals surface area contributed by atoms with Gasteiger partial charge in [-0.05, 0) is 30.2 Å². The molecule has 0 unspecified atom stereocenters. The highest BCUT2D eigenvalue weighted by atomic mass is 35.5. The van der Waals surface area contributed by atoms with Gasteiger partial charge in [-0.2, -0.15) is 0 Å². The highest BCUT2D eigenvalue weighted by molar-refractivity contribution is 7.88. The van der Waals surface area contributed by atoms with E-state index >= 15 is 0 Å². The van der Waals surface area contributed by atoms with Gasteiger partial charge >= 0.3 is 0 Å². The molecule has 1 aliphatic heterocycles. The molecule has 0 aromatic heterocycles. The van der Waals surface area contributed by atoms with Gasteiger partial charge in [-0.3, -0.25) is 4.79 Å². The molecule has 0 saturated heterocycles. The molecule has 1 atom stereocenters. The fraction of sp³-hybridized carbons (Fsp3) is 0.462. The Hall–Kier alpha value is -1.31. The Morgan fingerprint density at radius 1 is 1.43 bits per heavy atom. The maximum absolute atomic E-state index is 12.0. The summed E-state index contributed by atoms with van der Waals surface area (Å²) in [4.78, 5) is 12.0. The third-order valence-electron chi connectivity index (χ3n) is 3.01. The summed E-state index contributed by atoms with van der Waals surface area (Å²) in [5.74, 6) is 0.472. The molecule has 0 saturated carbocycles. The van der Waals surface area contributed by atoms with Crippen LogP contribution in [-0.2, 0) is 21.2 Å². The van der Waals surface area contributed by atoms with Crippen LogP contribution >= 0.6 is 11.6 Å². The van der Waals surface area contributed by atoms with Crippen LogP contribution in [0.5, 0.6) is 5.75 Å². The van der Waals surface area contributed by atoms with Crippen LogP contribution in [0.3, 0.4) is 0 Å². The zero-order valence-electron chi connectivity index (χ0n) is 11.6. The summed E-state index contributed by atoms with van der Waals surface area (Å²) in [7, 11) is -3.18. The smallest absolute Gasteiger partial charge is 0.261 e. The van der Waals surface area contributed by atoms with Crippen molar-refractivity contribution >= 4 is 27.5 Å². The highest BCUT2D eigenvalue weighted by Gasteiger charge is 2.28. The van der Waals surface area contributed by atoms with Crippen molar-refractivity contribution in [2.24, 2.45) is 0 Å². The van der Waals surface area contributed by atoms with E-state index in [4.69, 9.17) is 16.3 Å². The van der Waals surface area contributed by atoms with Crippen molar-refractivity contribution in [3.05, 3.63) is 28.8 Å². The van der Waals surface area contributed by atoms with Crippen LogP contribution in [0, 0.1) is 0 Å². The van der Waals surface area contributed by atoms with E-state index in [1.807, 2.05) is 0 Å². The van der Waals surface area contributed by atoms with Gasteiger partial charge < -0.3 is 10.1 Å². The molecule has 0 radical (unpaired) electrons. The zero-order chi connectivity index (χ0) is 15.5. The van der Waals surface area contributed by atoms with Gasteiger partial charge in [0.15, 0.2) is 6.10 Å². The molecule has 116 valence electrons. The first-order valence-corrected chi connectivity index (χ1v) is 8.79. The Labute approximate surface area is 128 Å². The van der Waals surface area contributed by atoms with Gasteiger partial charge in [-0.15, -0.1) is 0 Å². The van der Waals surface area contributed by atoms with Crippen molar-refractivity contribution in [3.8, 4) is 5.75 Å². The van der Waals surface area contributed by atoms with Gasteiger partial charge in [-0.25, -0.2) is 13.1 Å². The molecule has 1 aromatic rings. The minimum atomic E-state index is -3.18. The molecule has 0 fully saturated rings. The lowest BCUT2D eigenvalue weighted by Gasteiger charge is -2.11. The van der Waals surface area contributed by atoms with Gasteiger partial charge in [0, 0.05) is 24.5 Å². The molecular weight excluding hydrogens is 316 g/mol. The van der Waals surface area contributed by atoms with Gasteiger partial charge in [0.25, 0.3) is 5.91 Å². The lowest BCUT2D eigenvalue weighted by atomic mass is 10.1. The summed E-state index contributed by atoms with van der Waals surface area (Å²) in [5.41, 5.74) is 0.918. The van der Waals surface area contributed by atoms with Gasteiger partial charge in [0.2, 0.25) is 10.0 Å². The van der Waals surface area contributed by atoms with Crippen molar-refractivity contribution in [2.75, 3.05) is 19.3 Å². The third kappa shape index (κ3) is 4.87. The van der Waals surface area contributed by atoms with E-state index in [0.717, 1.165) is 11.8 Å². The number of rotatable bonds is 6. The fourth-order valence-corrected chi connectivity index (χ4v) is 2.74. The number of hydrogen-bond donors (Lipinski definition) is 2. The first-order chi connectivity index (χ1) is 9.85. The minimum Gasteiger partial charge on any atom is -0.480 e. The molecule has 2 N–H and O–H groups in total. The van der Waals surface area contributed by atoms with Crippen molar-refractivity contribution in [2.45, 2.75) is 18.9 Å². The van der Waals surface area contributed by atoms with E-state index in [-0.39, 0.29) is 5.91 Å². The Morgan fingerprint density at radius 3 is 2.90 bits per heavy atom. The predicted octanol–water partition coefficient (Wildman–Crippen LogP) is 0.699. The molecule has 8 heteroatoms. The number of carbonyl (C=O) groups is 1. The average molecular weight is 333 g/mol. The van der Waals surface area contributed by atoms with Crippen molar-refractivity contribution in [1.82, 2.24) is 10.0 Å². The van der Waals surface area contributed by atoms with E-state index in [0.29, 0.717) is 36.7 Å². The zero-order valence-corrected chi connectivity index (χ0v) is 13.1. The minimum absolute atomic E-state index is 0.207. The largest absolute Gasteiger partial charge is 0.480 e. The summed E-state index contributed by atoms with van der Waals surface area (Å²) in [6, 6.07) is 5.26. The van der Waals surface area contributed by atoms with E-state index in [9.17, 15) is 13.2 Å². The summed E-state index contributed by atoms with van der Waals surface area (Å²) in [6.07, 6.45) is 1.55. The van der Waals surface area contributed by atoms with Gasteiger partial charge in [0.1, 0.15) is 5.75 Å². The number of sulfonamides is 1. The third-order valence-corrected chi connectivity index (χ3v) is 3.97. The number of carbonyl (C=O) groups excluding carboxylic acids is 1. The SMILES string of the molecule is CS(=O)(=O)NCCCNC(=O)[C@@H]1Cc2cc(Cl)ccc2O1. The topological polar surface area (TPSA) is 84.5 Å². The molecule has 2 rings (SSSR count). The monoisotopic (exact) mass is 332 g/mol. The first kappa shape index (κ1) is 16.1. The van der Waals surface area contributed by atoms with Gasteiger partial charge in [-0.1, -0.05) is 11.6 Å². The first-order valence-electron chi connectivity index (χ1n) is 6.52. The lowest BCUT2D eigenvalue weighted by molar-refractivity contribution is -0.127. The second-order valence-electron chi connectivity index (χ2n) is 4.87. The molecule has 1 amide bonds. The molecule has 21 heavy (non-hydrogen) atoms. The molecule has 1 aromatic carbocycles. The predicted molar refractivity (Wildman–Crippen MR) is 80.0 cm³/mol. The lowest BCUT2D eigenvalue weighted by Crippen LogP contribution is -2.38. The van der Waals surface area contributed by atoms with E-state index in [1.165, 1.54) is 0 Å². The van der Waals surface area contributed by atoms with E-state index < -0.39 is 16.1 Å². The van der Waals surface area contributed by atoms with Crippen LogP contribution < -0.4 is 14.8 Å². The Kier molecular flexibility index (Phi) is 5.08. The summed E-state index contributed by atoms with van der Waals surface area (Å²) in [6.45, 7) is 0.679. The number of benzene rings is 1. The average Bonchev–Trinajstić information content (AvgIpc) is 2.79. The number of fused-ring (bicyclic) bond motifs is 1. The van der Waals surface area contributed by atoms with Crippen LogP contribution in [0.1, 0.15) is 12.0 Å². The molecule has 6 nitrogen and oxygen atoms in total. The van der Waals surface area contributed by atoms with Gasteiger partial charge in [0.05, 0.1) is 6.26 Å². The van der Waals surface area contributed by atoms with Crippen molar-refractivity contribution in [1.29, 1.82) is 0 Å². The van der Waals surface area contributed by atoms with Crippen molar-refractivity contribution < 1.29 is 17.9 Å². The summed E-state index contributed by atoms with van der Waals surface area (Å²) in [5, 5.41) is 3.34. The standard InChI is InChI=1S/C13H17ClN2O4S/c1-21(18,19)16-6-2-5-15-13(17)12-8-9-7-10(14)3-4-11(9)20-12/h3-4,7,12,16H,2,5-6,8H2,1H3,(H,15,17)/t12-/m0/s1. The van der Waals surface area contributed by atoms with Crippen LogP contribution in [0.2, 0.25) is 5.02 Å². The number of nitrogens with one attached hydrogen (secondary N) is 2. The Balaban J connectivity index is 1.74. The molecule has 0 bridgehead atoms.